The number of carbonyl (C=O) groups is 1. The maximum Gasteiger partial charge on any atom is 0.244 e. The number of hydrogen-bond donors (Lipinski definition) is 2. The minimum atomic E-state index is -3.49. The maximum atomic E-state index is 12.3. The second-order valence-corrected chi connectivity index (χ2v) is 8.64. The van der Waals surface area contributed by atoms with E-state index in [-0.39, 0.29) is 5.92 Å². The van der Waals surface area contributed by atoms with Gasteiger partial charge in [-0.25, -0.2) is 13.1 Å². The highest BCUT2D eigenvalue weighted by Gasteiger charge is 2.26. The van der Waals surface area contributed by atoms with Crippen molar-refractivity contribution in [2.45, 2.75) is 26.8 Å². The Morgan fingerprint density at radius 3 is 2.54 bits per heavy atom. The molecule has 1 aromatic carbocycles. The monoisotopic (exact) mass is 368 g/mol. The van der Waals surface area contributed by atoms with Gasteiger partial charge in [0.15, 0.2) is 0 Å². The summed E-state index contributed by atoms with van der Waals surface area (Å²) in [6.45, 7) is 5.51. The van der Waals surface area contributed by atoms with Gasteiger partial charge in [-0.15, -0.1) is 10.2 Å². The van der Waals surface area contributed by atoms with Gasteiger partial charge in [0.05, 0.1) is 6.26 Å². The summed E-state index contributed by atoms with van der Waals surface area (Å²) in [6.07, 6.45) is 1.02. The van der Waals surface area contributed by atoms with Crippen LogP contribution in [0.2, 0.25) is 0 Å². The van der Waals surface area contributed by atoms with Gasteiger partial charge >= 0.3 is 0 Å². The predicted molar refractivity (Wildman–Crippen MR) is 95.3 cm³/mol. The molecule has 0 aliphatic carbocycles. The summed E-state index contributed by atoms with van der Waals surface area (Å²) >= 11 is 1.24. The van der Waals surface area contributed by atoms with E-state index in [1.807, 2.05) is 31.2 Å². The van der Waals surface area contributed by atoms with Gasteiger partial charge < -0.3 is 0 Å². The summed E-state index contributed by atoms with van der Waals surface area (Å²) in [4.78, 5) is 12.3. The Kier molecular flexibility index (Phi) is 5.68. The molecule has 0 aliphatic heterocycles. The van der Waals surface area contributed by atoms with Crippen LogP contribution in [0, 0.1) is 12.8 Å². The van der Waals surface area contributed by atoms with E-state index in [1.165, 1.54) is 11.3 Å². The number of sulfonamides is 1. The zero-order valence-corrected chi connectivity index (χ0v) is 15.5. The van der Waals surface area contributed by atoms with Crippen LogP contribution in [-0.4, -0.2) is 36.8 Å². The van der Waals surface area contributed by atoms with Crippen molar-refractivity contribution in [2.75, 3.05) is 11.6 Å². The Hall–Kier alpha value is -1.84. The Labute approximate surface area is 145 Å². The molecule has 2 N–H and O–H groups in total. The average molecular weight is 368 g/mol. The van der Waals surface area contributed by atoms with Crippen LogP contribution in [-0.2, 0) is 14.8 Å². The SMILES string of the molecule is Cc1cccc(-c2nnc(NC(=O)C(NS(C)(=O)=O)C(C)C)s2)c1. The quantitative estimate of drug-likeness (QED) is 0.812. The molecule has 0 bridgehead atoms. The normalized spacial score (nSPS) is 13.0. The Morgan fingerprint density at radius 1 is 1.25 bits per heavy atom. The highest BCUT2D eigenvalue weighted by atomic mass is 32.2. The lowest BCUT2D eigenvalue weighted by Crippen LogP contribution is -2.46. The van der Waals surface area contributed by atoms with E-state index in [4.69, 9.17) is 0 Å². The zero-order chi connectivity index (χ0) is 17.9. The first-order chi connectivity index (χ1) is 11.2. The summed E-state index contributed by atoms with van der Waals surface area (Å²) in [5.41, 5.74) is 2.02. The number of carbonyl (C=O) groups excluding carboxylic acids is 1. The Morgan fingerprint density at radius 2 is 1.96 bits per heavy atom. The van der Waals surface area contributed by atoms with Crippen molar-refractivity contribution < 1.29 is 13.2 Å². The lowest BCUT2D eigenvalue weighted by atomic mass is 10.1. The summed E-state index contributed by atoms with van der Waals surface area (Å²) < 4.78 is 25.2. The third-order valence-electron chi connectivity index (χ3n) is 3.21. The summed E-state index contributed by atoms with van der Waals surface area (Å²) in [5, 5.41) is 11.7. The van der Waals surface area contributed by atoms with Gasteiger partial charge in [0.2, 0.25) is 21.1 Å². The van der Waals surface area contributed by atoms with Crippen LogP contribution < -0.4 is 10.0 Å². The third-order valence-corrected chi connectivity index (χ3v) is 4.78. The van der Waals surface area contributed by atoms with E-state index < -0.39 is 22.0 Å². The fraction of sp³-hybridized carbons (Fsp3) is 0.400. The molecule has 1 amide bonds. The van der Waals surface area contributed by atoms with Gasteiger partial charge in [-0.3, -0.25) is 10.1 Å². The number of nitrogens with zero attached hydrogens (tertiary/aromatic N) is 2. The Bertz CT molecular complexity index is 831. The number of benzene rings is 1. The van der Waals surface area contributed by atoms with Crippen LogP contribution >= 0.6 is 11.3 Å². The fourth-order valence-corrected chi connectivity index (χ4v) is 3.66. The van der Waals surface area contributed by atoms with Crippen molar-refractivity contribution in [1.29, 1.82) is 0 Å². The first kappa shape index (κ1) is 18.5. The van der Waals surface area contributed by atoms with Crippen molar-refractivity contribution in [3.8, 4) is 10.6 Å². The molecular weight excluding hydrogens is 348 g/mol. The summed E-state index contributed by atoms with van der Waals surface area (Å²) in [7, 11) is -3.49. The van der Waals surface area contributed by atoms with E-state index >= 15 is 0 Å². The number of nitrogens with one attached hydrogen (secondary N) is 2. The number of hydrogen-bond acceptors (Lipinski definition) is 6. The van der Waals surface area contributed by atoms with Crippen molar-refractivity contribution in [3.05, 3.63) is 29.8 Å². The number of aryl methyl sites for hydroxylation is 1. The minimum Gasteiger partial charge on any atom is -0.299 e. The number of amides is 1. The molecule has 0 radical (unpaired) electrons. The van der Waals surface area contributed by atoms with Crippen molar-refractivity contribution in [2.24, 2.45) is 5.92 Å². The largest absolute Gasteiger partial charge is 0.299 e. The zero-order valence-electron chi connectivity index (χ0n) is 13.9. The van der Waals surface area contributed by atoms with Crippen molar-refractivity contribution in [1.82, 2.24) is 14.9 Å². The van der Waals surface area contributed by atoms with Crippen LogP contribution in [0.25, 0.3) is 10.6 Å². The first-order valence-electron chi connectivity index (χ1n) is 7.34. The second-order valence-electron chi connectivity index (χ2n) is 5.88. The van der Waals surface area contributed by atoms with Gasteiger partial charge in [0.25, 0.3) is 0 Å². The van der Waals surface area contributed by atoms with Crippen LogP contribution in [0.4, 0.5) is 5.13 Å². The van der Waals surface area contributed by atoms with Crippen LogP contribution in [0.5, 0.6) is 0 Å². The molecule has 1 unspecified atom stereocenters. The molecule has 0 saturated heterocycles. The van der Waals surface area contributed by atoms with Gasteiger partial charge in [0.1, 0.15) is 11.0 Å². The number of rotatable bonds is 6. The molecule has 0 aliphatic rings. The molecule has 0 saturated carbocycles. The molecule has 1 heterocycles. The molecule has 2 rings (SSSR count). The van der Waals surface area contributed by atoms with E-state index in [2.05, 4.69) is 20.2 Å². The summed E-state index contributed by atoms with van der Waals surface area (Å²) in [6, 6.07) is 6.94. The third kappa shape index (κ3) is 5.08. The van der Waals surface area contributed by atoms with Gasteiger partial charge in [0, 0.05) is 5.56 Å². The van der Waals surface area contributed by atoms with Gasteiger partial charge in [-0.2, -0.15) is 0 Å². The molecule has 0 spiro atoms. The summed E-state index contributed by atoms with van der Waals surface area (Å²) in [5.74, 6) is -0.661. The number of aromatic nitrogens is 2. The molecule has 24 heavy (non-hydrogen) atoms. The Balaban J connectivity index is 2.14. The first-order valence-corrected chi connectivity index (χ1v) is 10.0. The highest BCUT2D eigenvalue weighted by molar-refractivity contribution is 7.88. The number of anilines is 1. The molecule has 1 aromatic heterocycles. The van der Waals surface area contributed by atoms with Crippen LogP contribution in [0.15, 0.2) is 24.3 Å². The fourth-order valence-electron chi connectivity index (χ4n) is 2.07. The van der Waals surface area contributed by atoms with E-state index in [9.17, 15) is 13.2 Å². The molecule has 0 fully saturated rings. The van der Waals surface area contributed by atoms with Crippen molar-refractivity contribution in [3.63, 3.8) is 0 Å². The van der Waals surface area contributed by atoms with E-state index in [0.29, 0.717) is 10.1 Å². The lowest BCUT2D eigenvalue weighted by Gasteiger charge is -2.19. The standard InChI is InChI=1S/C15H20N4O3S2/c1-9(2)12(19-24(4,21)22)13(20)16-15-18-17-14(23-15)11-7-5-6-10(3)8-11/h5-9,12,19H,1-4H3,(H,16,18,20). The minimum absolute atomic E-state index is 0.205. The van der Waals surface area contributed by atoms with Gasteiger partial charge in [-0.1, -0.05) is 48.9 Å². The molecular formula is C15H20N4O3S2. The molecule has 130 valence electrons. The van der Waals surface area contributed by atoms with Crippen molar-refractivity contribution >= 4 is 32.4 Å². The molecule has 1 atom stereocenters. The maximum absolute atomic E-state index is 12.3. The smallest absolute Gasteiger partial charge is 0.244 e. The molecule has 7 nitrogen and oxygen atoms in total. The van der Waals surface area contributed by atoms with E-state index in [0.717, 1.165) is 17.4 Å². The second kappa shape index (κ2) is 7.37. The highest BCUT2D eigenvalue weighted by Crippen LogP contribution is 2.27. The molecule has 2 aromatic rings. The van der Waals surface area contributed by atoms with Crippen LogP contribution in [0.1, 0.15) is 19.4 Å². The lowest BCUT2D eigenvalue weighted by molar-refractivity contribution is -0.118. The van der Waals surface area contributed by atoms with Gasteiger partial charge in [-0.05, 0) is 18.9 Å². The van der Waals surface area contributed by atoms with Crippen LogP contribution in [0.3, 0.4) is 0 Å². The molecule has 9 heteroatoms. The average Bonchev–Trinajstić information content (AvgIpc) is 2.92. The topological polar surface area (TPSA) is 101 Å². The predicted octanol–water partition coefficient (Wildman–Crippen LogP) is 2.03. The van der Waals surface area contributed by atoms with E-state index in [1.54, 1.807) is 13.8 Å².